The van der Waals surface area contributed by atoms with Crippen LogP contribution in [0.25, 0.3) is 10.6 Å². The second kappa shape index (κ2) is 5.55. The Bertz CT molecular complexity index is 582. The quantitative estimate of drug-likeness (QED) is 0.942. The highest BCUT2D eigenvalue weighted by atomic mass is 32.1. The van der Waals surface area contributed by atoms with Gasteiger partial charge < -0.3 is 9.84 Å². The van der Waals surface area contributed by atoms with E-state index in [-0.39, 0.29) is 0 Å². The number of rotatable bonds is 4. The van der Waals surface area contributed by atoms with Crippen LogP contribution in [-0.4, -0.2) is 35.2 Å². The van der Waals surface area contributed by atoms with Gasteiger partial charge in [0.2, 0.25) is 0 Å². The molecule has 0 saturated carbocycles. The fraction of sp³-hybridized carbons (Fsp3) is 0.562. The normalized spacial score (nSPS) is 28.4. The van der Waals surface area contributed by atoms with Crippen LogP contribution in [0.1, 0.15) is 31.4 Å². The van der Waals surface area contributed by atoms with E-state index in [1.54, 1.807) is 11.3 Å². The lowest BCUT2D eigenvalue weighted by molar-refractivity contribution is 0.162. The van der Waals surface area contributed by atoms with Crippen LogP contribution in [0.2, 0.25) is 0 Å². The van der Waals surface area contributed by atoms with Gasteiger partial charge in [-0.25, -0.2) is 0 Å². The maximum absolute atomic E-state index is 5.47. The molecule has 2 aliphatic rings. The summed E-state index contributed by atoms with van der Waals surface area (Å²) < 4.78 is 5.47. The Morgan fingerprint density at radius 2 is 2.19 bits per heavy atom. The summed E-state index contributed by atoms with van der Waals surface area (Å²) in [7, 11) is 2.22. The first kappa shape index (κ1) is 13.5. The summed E-state index contributed by atoms with van der Waals surface area (Å²) in [6, 6.07) is 8.33. The van der Waals surface area contributed by atoms with Crippen molar-refractivity contribution >= 4 is 11.3 Å². The van der Waals surface area contributed by atoms with Gasteiger partial charge in [0.1, 0.15) is 0 Å². The molecule has 2 unspecified atom stereocenters. The largest absolute Gasteiger partial charge is 0.355 e. The van der Waals surface area contributed by atoms with Crippen molar-refractivity contribution in [2.45, 2.75) is 50.4 Å². The maximum Gasteiger partial charge on any atom is 0.177 e. The van der Waals surface area contributed by atoms with E-state index in [0.717, 1.165) is 35.0 Å². The summed E-state index contributed by atoms with van der Waals surface area (Å²) in [5.41, 5.74) is 1.03. The number of piperidine rings is 1. The van der Waals surface area contributed by atoms with Crippen LogP contribution in [0.5, 0.6) is 0 Å². The first-order valence-electron chi connectivity index (χ1n) is 7.73. The van der Waals surface area contributed by atoms with Gasteiger partial charge in [0.15, 0.2) is 5.76 Å². The summed E-state index contributed by atoms with van der Waals surface area (Å²) in [4.78, 5) is 3.60. The van der Waals surface area contributed by atoms with E-state index in [2.05, 4.69) is 39.9 Å². The minimum absolute atomic E-state index is 0.672. The minimum atomic E-state index is 0.672. The average molecular weight is 303 g/mol. The molecule has 4 nitrogen and oxygen atoms in total. The molecule has 2 aromatic heterocycles. The summed E-state index contributed by atoms with van der Waals surface area (Å²) >= 11 is 1.69. The standard InChI is InChI=1S/C16H21N3OS/c1-19(14-7-11-4-5-12(8-14)17-11)10-13-9-15(20-18-13)16-3-2-6-21-16/h2-3,6,9,11-12,14,17H,4-5,7-8,10H2,1H3. The molecule has 5 heteroatoms. The Hall–Kier alpha value is -1.17. The number of nitrogens with zero attached hydrogens (tertiary/aromatic N) is 2. The fourth-order valence-corrected chi connectivity index (χ4v) is 4.37. The van der Waals surface area contributed by atoms with Crippen LogP contribution in [0.15, 0.2) is 28.1 Å². The molecule has 112 valence electrons. The van der Waals surface area contributed by atoms with E-state index in [9.17, 15) is 0 Å². The summed E-state index contributed by atoms with van der Waals surface area (Å²) in [6.45, 7) is 0.874. The predicted molar refractivity (Wildman–Crippen MR) is 84.3 cm³/mol. The molecule has 0 aromatic carbocycles. The van der Waals surface area contributed by atoms with Crippen molar-refractivity contribution in [3.8, 4) is 10.6 Å². The van der Waals surface area contributed by atoms with Crippen molar-refractivity contribution in [1.82, 2.24) is 15.4 Å². The number of thiophene rings is 1. The molecule has 2 atom stereocenters. The van der Waals surface area contributed by atoms with Gasteiger partial charge in [0, 0.05) is 30.7 Å². The summed E-state index contributed by atoms with van der Waals surface area (Å²) in [5.74, 6) is 0.888. The third kappa shape index (κ3) is 2.78. The molecule has 0 spiro atoms. The summed E-state index contributed by atoms with van der Waals surface area (Å²) in [6.07, 6.45) is 5.23. The Balaban J connectivity index is 1.41. The highest BCUT2D eigenvalue weighted by Gasteiger charge is 2.35. The topological polar surface area (TPSA) is 41.3 Å². The number of aromatic nitrogens is 1. The van der Waals surface area contributed by atoms with Crippen molar-refractivity contribution < 1.29 is 4.52 Å². The molecule has 4 heterocycles. The maximum atomic E-state index is 5.47. The Morgan fingerprint density at radius 1 is 1.38 bits per heavy atom. The second-order valence-corrected chi connectivity index (χ2v) is 7.29. The molecule has 21 heavy (non-hydrogen) atoms. The van der Waals surface area contributed by atoms with Gasteiger partial charge in [-0.2, -0.15) is 0 Å². The highest BCUT2D eigenvalue weighted by molar-refractivity contribution is 7.13. The van der Waals surface area contributed by atoms with E-state index >= 15 is 0 Å². The van der Waals surface area contributed by atoms with Gasteiger partial charge in [-0.3, -0.25) is 4.90 Å². The SMILES string of the molecule is CN(Cc1cc(-c2cccs2)on1)C1CC2CCC(C1)N2. The molecule has 2 aromatic rings. The summed E-state index contributed by atoms with van der Waals surface area (Å²) in [5, 5.41) is 10.0. The monoisotopic (exact) mass is 303 g/mol. The third-order valence-corrected chi connectivity index (χ3v) is 5.69. The lowest BCUT2D eigenvalue weighted by Crippen LogP contribution is -2.46. The van der Waals surface area contributed by atoms with Crippen molar-refractivity contribution in [3.63, 3.8) is 0 Å². The van der Waals surface area contributed by atoms with Crippen LogP contribution in [0.3, 0.4) is 0 Å². The zero-order valence-corrected chi connectivity index (χ0v) is 13.1. The molecule has 1 N–H and O–H groups in total. The zero-order valence-electron chi connectivity index (χ0n) is 12.3. The van der Waals surface area contributed by atoms with Crippen LogP contribution in [0, 0.1) is 0 Å². The van der Waals surface area contributed by atoms with Gasteiger partial charge in [-0.05, 0) is 44.2 Å². The molecular weight excluding hydrogens is 282 g/mol. The average Bonchev–Trinajstić information content (AvgIpc) is 3.20. The lowest BCUT2D eigenvalue weighted by Gasteiger charge is -2.35. The number of hydrogen-bond donors (Lipinski definition) is 1. The van der Waals surface area contributed by atoms with Crippen molar-refractivity contribution in [3.05, 3.63) is 29.3 Å². The smallest absolute Gasteiger partial charge is 0.177 e. The molecule has 0 amide bonds. The Morgan fingerprint density at radius 3 is 2.90 bits per heavy atom. The number of nitrogens with one attached hydrogen (secondary N) is 1. The van der Waals surface area contributed by atoms with Crippen LogP contribution < -0.4 is 5.32 Å². The van der Waals surface area contributed by atoms with Crippen LogP contribution >= 0.6 is 11.3 Å². The second-order valence-electron chi connectivity index (χ2n) is 6.34. The third-order valence-electron chi connectivity index (χ3n) is 4.81. The van der Waals surface area contributed by atoms with Gasteiger partial charge >= 0.3 is 0 Å². The Labute approximate surface area is 129 Å². The molecule has 2 aliphatic heterocycles. The zero-order chi connectivity index (χ0) is 14.2. The first-order chi connectivity index (χ1) is 10.3. The van der Waals surface area contributed by atoms with E-state index in [0.29, 0.717) is 6.04 Å². The molecule has 0 aliphatic carbocycles. The van der Waals surface area contributed by atoms with Gasteiger partial charge in [0.05, 0.1) is 10.6 Å². The van der Waals surface area contributed by atoms with Crippen molar-refractivity contribution in [2.75, 3.05) is 7.05 Å². The van der Waals surface area contributed by atoms with Crippen LogP contribution in [-0.2, 0) is 6.54 Å². The highest BCUT2D eigenvalue weighted by Crippen LogP contribution is 2.30. The molecule has 0 radical (unpaired) electrons. The Kier molecular flexibility index (Phi) is 3.57. The van der Waals surface area contributed by atoms with Gasteiger partial charge in [0.25, 0.3) is 0 Å². The van der Waals surface area contributed by atoms with Crippen molar-refractivity contribution in [1.29, 1.82) is 0 Å². The number of hydrogen-bond acceptors (Lipinski definition) is 5. The molecule has 2 fully saturated rings. The fourth-order valence-electron chi connectivity index (χ4n) is 3.69. The molecule has 2 saturated heterocycles. The van der Waals surface area contributed by atoms with Gasteiger partial charge in [-0.1, -0.05) is 11.2 Å². The molecule has 4 rings (SSSR count). The lowest BCUT2D eigenvalue weighted by atomic mass is 9.98. The van der Waals surface area contributed by atoms with Gasteiger partial charge in [-0.15, -0.1) is 11.3 Å². The molecule has 2 bridgehead atoms. The van der Waals surface area contributed by atoms with Crippen molar-refractivity contribution in [2.24, 2.45) is 0 Å². The van der Waals surface area contributed by atoms with E-state index in [4.69, 9.17) is 4.52 Å². The minimum Gasteiger partial charge on any atom is -0.355 e. The number of fused-ring (bicyclic) bond motifs is 2. The first-order valence-corrected chi connectivity index (χ1v) is 8.61. The van der Waals surface area contributed by atoms with E-state index in [1.807, 2.05) is 6.07 Å². The predicted octanol–water partition coefficient (Wildman–Crippen LogP) is 3.12. The molecular formula is C16H21N3OS. The van der Waals surface area contributed by atoms with E-state index < -0.39 is 0 Å². The van der Waals surface area contributed by atoms with Crippen LogP contribution in [0.4, 0.5) is 0 Å². The van der Waals surface area contributed by atoms with E-state index in [1.165, 1.54) is 25.7 Å².